The molecule has 0 unspecified atom stereocenters. The minimum absolute atomic E-state index is 0.0505. The number of fused-ring (bicyclic) bond motifs is 1. The van der Waals surface area contributed by atoms with E-state index in [9.17, 15) is 14.4 Å². The lowest BCUT2D eigenvalue weighted by Crippen LogP contribution is -2.32. The van der Waals surface area contributed by atoms with Crippen LogP contribution in [0.3, 0.4) is 0 Å². The Balaban J connectivity index is 1.61. The topological polar surface area (TPSA) is 83.4 Å². The van der Waals surface area contributed by atoms with Gasteiger partial charge < -0.3 is 9.32 Å². The van der Waals surface area contributed by atoms with Crippen LogP contribution < -0.4 is 5.76 Å². The number of likely N-dealkylation sites (tertiary alicyclic amines) is 1. The van der Waals surface area contributed by atoms with Gasteiger partial charge >= 0.3 is 5.76 Å². The van der Waals surface area contributed by atoms with E-state index in [2.05, 4.69) is 4.98 Å². The molecule has 2 aromatic rings. The van der Waals surface area contributed by atoms with Gasteiger partial charge in [0, 0.05) is 31.5 Å². The highest BCUT2D eigenvalue weighted by atomic mass is 16.4. The van der Waals surface area contributed by atoms with Crippen molar-refractivity contribution in [1.82, 2.24) is 9.88 Å². The van der Waals surface area contributed by atoms with E-state index in [4.69, 9.17) is 4.42 Å². The Morgan fingerprint density at radius 3 is 2.57 bits per heavy atom. The van der Waals surface area contributed by atoms with Crippen molar-refractivity contribution in [2.45, 2.75) is 38.5 Å². The molecule has 23 heavy (non-hydrogen) atoms. The van der Waals surface area contributed by atoms with Gasteiger partial charge in [-0.3, -0.25) is 14.6 Å². The molecule has 0 spiro atoms. The van der Waals surface area contributed by atoms with Crippen molar-refractivity contribution in [2.75, 3.05) is 13.1 Å². The van der Waals surface area contributed by atoms with Crippen LogP contribution in [-0.4, -0.2) is 34.7 Å². The van der Waals surface area contributed by atoms with Crippen LogP contribution in [0.25, 0.3) is 11.1 Å². The van der Waals surface area contributed by atoms with Crippen molar-refractivity contribution in [3.8, 4) is 0 Å². The number of hydrogen-bond donors (Lipinski definition) is 1. The summed E-state index contributed by atoms with van der Waals surface area (Å²) in [5.74, 6) is -0.602. The Morgan fingerprint density at radius 2 is 1.83 bits per heavy atom. The molecule has 0 saturated carbocycles. The SMILES string of the molecule is O=C(CCC(=O)N1CCCCCC1)c1ccc2[nH]c(=O)oc2c1. The van der Waals surface area contributed by atoms with Crippen LogP contribution in [0.2, 0.25) is 0 Å². The summed E-state index contributed by atoms with van der Waals surface area (Å²) in [6.45, 7) is 1.60. The summed E-state index contributed by atoms with van der Waals surface area (Å²) in [6, 6.07) is 4.84. The summed E-state index contributed by atoms with van der Waals surface area (Å²) in [5.41, 5.74) is 1.39. The second-order valence-corrected chi connectivity index (χ2v) is 5.94. The van der Waals surface area contributed by atoms with E-state index in [0.717, 1.165) is 25.9 Å². The number of amides is 1. The lowest BCUT2D eigenvalue weighted by molar-refractivity contribution is -0.131. The molecule has 6 nitrogen and oxygen atoms in total. The number of H-pyrrole nitrogens is 1. The fourth-order valence-corrected chi connectivity index (χ4v) is 2.96. The van der Waals surface area contributed by atoms with Crippen LogP contribution in [0.15, 0.2) is 27.4 Å². The Labute approximate surface area is 133 Å². The zero-order valence-electron chi connectivity index (χ0n) is 13.0. The number of aromatic amines is 1. The van der Waals surface area contributed by atoms with Gasteiger partial charge in [0.05, 0.1) is 5.52 Å². The second kappa shape index (κ2) is 6.81. The van der Waals surface area contributed by atoms with E-state index in [1.54, 1.807) is 18.2 Å². The molecule has 3 rings (SSSR count). The first-order valence-electron chi connectivity index (χ1n) is 8.07. The van der Waals surface area contributed by atoms with Gasteiger partial charge in [0.2, 0.25) is 5.91 Å². The molecular formula is C17H20N2O4. The molecule has 1 N–H and O–H groups in total. The molecule has 1 fully saturated rings. The van der Waals surface area contributed by atoms with E-state index in [-0.39, 0.29) is 24.5 Å². The van der Waals surface area contributed by atoms with Gasteiger partial charge in [-0.05, 0) is 31.0 Å². The van der Waals surface area contributed by atoms with Crippen LogP contribution in [-0.2, 0) is 4.79 Å². The fourth-order valence-electron chi connectivity index (χ4n) is 2.96. The average molecular weight is 316 g/mol. The molecule has 122 valence electrons. The van der Waals surface area contributed by atoms with Gasteiger partial charge in [0.25, 0.3) is 0 Å². The summed E-state index contributed by atoms with van der Waals surface area (Å²) < 4.78 is 4.95. The number of Topliss-reactive ketones (excluding diaryl/α,β-unsaturated/α-hetero) is 1. The van der Waals surface area contributed by atoms with Gasteiger partial charge in [-0.2, -0.15) is 0 Å². The second-order valence-electron chi connectivity index (χ2n) is 5.94. The van der Waals surface area contributed by atoms with E-state index in [1.165, 1.54) is 12.8 Å². The average Bonchev–Trinajstić information content (AvgIpc) is 2.75. The number of ketones is 1. The smallest absolute Gasteiger partial charge is 0.408 e. The van der Waals surface area contributed by atoms with Gasteiger partial charge in [0.1, 0.15) is 0 Å². The lowest BCUT2D eigenvalue weighted by atomic mass is 10.1. The number of oxazole rings is 1. The third-order valence-corrected chi connectivity index (χ3v) is 4.27. The van der Waals surface area contributed by atoms with Crippen molar-refractivity contribution in [2.24, 2.45) is 0 Å². The fraction of sp³-hybridized carbons (Fsp3) is 0.471. The lowest BCUT2D eigenvalue weighted by Gasteiger charge is -2.19. The minimum Gasteiger partial charge on any atom is -0.408 e. The van der Waals surface area contributed by atoms with Crippen LogP contribution in [0.1, 0.15) is 48.9 Å². The number of carbonyl (C=O) groups is 2. The zero-order valence-corrected chi connectivity index (χ0v) is 13.0. The first kappa shape index (κ1) is 15.5. The van der Waals surface area contributed by atoms with E-state index >= 15 is 0 Å². The molecule has 1 aromatic carbocycles. The number of aromatic nitrogens is 1. The maximum atomic E-state index is 12.2. The van der Waals surface area contributed by atoms with Crippen LogP contribution in [0, 0.1) is 0 Å². The maximum Gasteiger partial charge on any atom is 0.417 e. The number of nitrogens with zero attached hydrogens (tertiary/aromatic N) is 1. The van der Waals surface area contributed by atoms with E-state index in [1.807, 2.05) is 4.90 Å². The predicted molar refractivity (Wildman–Crippen MR) is 85.4 cm³/mol. The normalized spacial score (nSPS) is 15.6. The summed E-state index contributed by atoms with van der Waals surface area (Å²) in [4.78, 5) is 40.0. The summed E-state index contributed by atoms with van der Waals surface area (Å²) in [6.07, 6.45) is 4.84. The largest absolute Gasteiger partial charge is 0.417 e. The molecule has 1 aromatic heterocycles. The number of nitrogens with one attached hydrogen (secondary N) is 1. The predicted octanol–water partition coefficient (Wildman–Crippen LogP) is 2.49. The van der Waals surface area contributed by atoms with Gasteiger partial charge in [-0.15, -0.1) is 0 Å². The molecule has 1 aliphatic rings. The quantitative estimate of drug-likeness (QED) is 0.878. The van der Waals surface area contributed by atoms with Gasteiger partial charge in [0.15, 0.2) is 11.4 Å². The van der Waals surface area contributed by atoms with Crippen molar-refractivity contribution in [1.29, 1.82) is 0 Å². The van der Waals surface area contributed by atoms with Crippen LogP contribution in [0.5, 0.6) is 0 Å². The third-order valence-electron chi connectivity index (χ3n) is 4.27. The summed E-state index contributed by atoms with van der Waals surface area (Å²) in [5, 5.41) is 0. The third kappa shape index (κ3) is 3.70. The van der Waals surface area contributed by atoms with Crippen molar-refractivity contribution >= 4 is 22.8 Å². The molecule has 0 bridgehead atoms. The minimum atomic E-state index is -0.541. The number of carbonyl (C=O) groups excluding carboxylic acids is 2. The summed E-state index contributed by atoms with van der Waals surface area (Å²) in [7, 11) is 0. The molecule has 1 amide bonds. The van der Waals surface area contributed by atoms with Crippen LogP contribution in [0.4, 0.5) is 0 Å². The van der Waals surface area contributed by atoms with Crippen molar-refractivity contribution in [3.05, 3.63) is 34.3 Å². The van der Waals surface area contributed by atoms with Gasteiger partial charge in [-0.25, -0.2) is 4.79 Å². The van der Waals surface area contributed by atoms with Crippen molar-refractivity contribution in [3.63, 3.8) is 0 Å². The van der Waals surface area contributed by atoms with E-state index < -0.39 is 5.76 Å². The molecular weight excluding hydrogens is 296 g/mol. The monoisotopic (exact) mass is 316 g/mol. The molecule has 0 radical (unpaired) electrons. The highest BCUT2D eigenvalue weighted by Gasteiger charge is 2.17. The number of hydrogen-bond acceptors (Lipinski definition) is 4. The standard InChI is InChI=1S/C17H20N2O4/c20-14(7-8-16(21)19-9-3-1-2-4-10-19)12-5-6-13-15(11-12)23-17(22)18-13/h5-6,11H,1-4,7-10H2,(H,18,22). The molecule has 1 aliphatic heterocycles. The maximum absolute atomic E-state index is 12.2. The Bertz CT molecular complexity index is 766. The number of rotatable bonds is 4. The van der Waals surface area contributed by atoms with Crippen molar-refractivity contribution < 1.29 is 14.0 Å². The molecule has 2 heterocycles. The molecule has 0 aliphatic carbocycles. The van der Waals surface area contributed by atoms with E-state index in [0.29, 0.717) is 16.7 Å². The number of benzene rings is 1. The first-order chi connectivity index (χ1) is 11.1. The molecule has 6 heteroatoms. The Hall–Kier alpha value is -2.37. The zero-order chi connectivity index (χ0) is 16.2. The van der Waals surface area contributed by atoms with Crippen LogP contribution >= 0.6 is 0 Å². The summed E-state index contributed by atoms with van der Waals surface area (Å²) >= 11 is 0. The first-order valence-corrected chi connectivity index (χ1v) is 8.07. The Morgan fingerprint density at radius 1 is 1.09 bits per heavy atom. The highest BCUT2D eigenvalue weighted by molar-refractivity contribution is 6.00. The molecule has 0 atom stereocenters. The highest BCUT2D eigenvalue weighted by Crippen LogP contribution is 2.16. The molecule has 1 saturated heterocycles. The Kier molecular flexibility index (Phi) is 4.60. The van der Waals surface area contributed by atoms with Gasteiger partial charge in [-0.1, -0.05) is 12.8 Å².